The van der Waals surface area contributed by atoms with Gasteiger partial charge in [-0.25, -0.2) is 0 Å². The highest BCUT2D eigenvalue weighted by Gasteiger charge is 2.19. The molecule has 0 spiro atoms. The van der Waals surface area contributed by atoms with Crippen LogP contribution in [0.15, 0.2) is 0 Å². The quantitative estimate of drug-likeness (QED) is 0.560. The Morgan fingerprint density at radius 2 is 2.00 bits per heavy atom. The summed E-state index contributed by atoms with van der Waals surface area (Å²) in [5.74, 6) is 0.699. The van der Waals surface area contributed by atoms with E-state index in [1.807, 2.05) is 6.07 Å². The van der Waals surface area contributed by atoms with Crippen molar-refractivity contribution in [1.82, 2.24) is 10.6 Å². The van der Waals surface area contributed by atoms with Crippen LogP contribution in [0.4, 0.5) is 0 Å². The van der Waals surface area contributed by atoms with Gasteiger partial charge in [-0.05, 0) is 25.7 Å². The van der Waals surface area contributed by atoms with E-state index in [1.165, 1.54) is 38.5 Å². The number of rotatable bonds is 6. The first-order valence-electron chi connectivity index (χ1n) is 7.11. The van der Waals surface area contributed by atoms with Crippen LogP contribution in [-0.2, 0) is 4.79 Å². The molecule has 0 bridgehead atoms. The van der Waals surface area contributed by atoms with Gasteiger partial charge in [0.05, 0.1) is 19.0 Å². The Morgan fingerprint density at radius 3 is 2.61 bits per heavy atom. The summed E-state index contributed by atoms with van der Waals surface area (Å²) in [7, 11) is 0. The van der Waals surface area contributed by atoms with Crippen molar-refractivity contribution in [3.63, 3.8) is 0 Å². The second kappa shape index (κ2) is 8.93. The molecule has 0 radical (unpaired) electrons. The number of nitriles is 1. The van der Waals surface area contributed by atoms with Gasteiger partial charge in [-0.3, -0.25) is 4.79 Å². The van der Waals surface area contributed by atoms with Gasteiger partial charge in [-0.1, -0.05) is 25.7 Å². The van der Waals surface area contributed by atoms with Gasteiger partial charge in [-0.2, -0.15) is 5.26 Å². The Hall–Kier alpha value is -1.08. The van der Waals surface area contributed by atoms with Gasteiger partial charge in [0.2, 0.25) is 5.91 Å². The molecule has 0 saturated heterocycles. The van der Waals surface area contributed by atoms with Crippen LogP contribution < -0.4 is 10.6 Å². The van der Waals surface area contributed by atoms with E-state index in [9.17, 15) is 4.79 Å². The third-order valence-electron chi connectivity index (χ3n) is 3.75. The van der Waals surface area contributed by atoms with E-state index < -0.39 is 0 Å². The minimum Gasteiger partial charge on any atom is -0.354 e. The number of hydrogen-bond donors (Lipinski definition) is 2. The smallest absolute Gasteiger partial charge is 0.233 e. The van der Waals surface area contributed by atoms with Crippen molar-refractivity contribution in [3.8, 4) is 6.07 Å². The van der Waals surface area contributed by atoms with Crippen molar-refractivity contribution in [2.75, 3.05) is 13.1 Å². The van der Waals surface area contributed by atoms with Crippen molar-refractivity contribution >= 4 is 5.91 Å². The molecular weight excluding hydrogens is 226 g/mol. The molecule has 4 nitrogen and oxygen atoms in total. The molecule has 4 heteroatoms. The number of carbonyl (C=O) groups is 1. The Labute approximate surface area is 110 Å². The van der Waals surface area contributed by atoms with E-state index in [4.69, 9.17) is 5.26 Å². The molecule has 0 aromatic heterocycles. The third kappa shape index (κ3) is 6.02. The average molecular weight is 251 g/mol. The standard InChI is InChI=1S/C14H25N3O/c1-12(13-7-4-2-3-5-8-13)17-11-14(18)16-10-6-9-15/h12-13,17H,2-8,10-11H2,1H3,(H,16,18)/t12-/m1/s1. The van der Waals surface area contributed by atoms with Crippen LogP contribution in [0.5, 0.6) is 0 Å². The normalized spacial score (nSPS) is 18.7. The van der Waals surface area contributed by atoms with Gasteiger partial charge < -0.3 is 10.6 Å². The Kier molecular flexibility index (Phi) is 7.43. The maximum atomic E-state index is 11.5. The first kappa shape index (κ1) is 15.0. The van der Waals surface area contributed by atoms with Crippen LogP contribution in [0.25, 0.3) is 0 Å². The Balaban J connectivity index is 2.16. The minimum atomic E-state index is -0.00859. The van der Waals surface area contributed by atoms with Crippen molar-refractivity contribution in [2.45, 2.75) is 57.9 Å². The molecule has 2 N–H and O–H groups in total. The number of hydrogen-bond acceptors (Lipinski definition) is 3. The molecule has 1 fully saturated rings. The largest absolute Gasteiger partial charge is 0.354 e. The lowest BCUT2D eigenvalue weighted by molar-refractivity contribution is -0.120. The third-order valence-corrected chi connectivity index (χ3v) is 3.75. The van der Waals surface area contributed by atoms with Crippen LogP contribution in [0.3, 0.4) is 0 Å². The van der Waals surface area contributed by atoms with Crippen molar-refractivity contribution in [3.05, 3.63) is 0 Å². The maximum Gasteiger partial charge on any atom is 0.233 e. The van der Waals surface area contributed by atoms with Crippen LogP contribution >= 0.6 is 0 Å². The second-order valence-corrected chi connectivity index (χ2v) is 5.18. The van der Waals surface area contributed by atoms with Gasteiger partial charge in [-0.15, -0.1) is 0 Å². The highest BCUT2D eigenvalue weighted by atomic mass is 16.1. The summed E-state index contributed by atoms with van der Waals surface area (Å²) in [5, 5.41) is 14.4. The predicted molar refractivity (Wildman–Crippen MR) is 71.9 cm³/mol. The van der Waals surface area contributed by atoms with Gasteiger partial charge >= 0.3 is 0 Å². The molecule has 18 heavy (non-hydrogen) atoms. The van der Waals surface area contributed by atoms with Gasteiger partial charge in [0.25, 0.3) is 0 Å². The molecule has 1 rings (SSSR count). The molecule has 1 aliphatic carbocycles. The monoisotopic (exact) mass is 251 g/mol. The van der Waals surface area contributed by atoms with E-state index in [1.54, 1.807) is 0 Å². The van der Waals surface area contributed by atoms with Crippen molar-refractivity contribution in [2.24, 2.45) is 5.92 Å². The Morgan fingerprint density at radius 1 is 1.33 bits per heavy atom. The number of nitrogens with one attached hydrogen (secondary N) is 2. The first-order chi connectivity index (χ1) is 8.74. The molecule has 102 valence electrons. The van der Waals surface area contributed by atoms with Crippen LogP contribution in [0.2, 0.25) is 0 Å². The van der Waals surface area contributed by atoms with Gasteiger partial charge in [0.15, 0.2) is 0 Å². The molecule has 0 unspecified atom stereocenters. The van der Waals surface area contributed by atoms with Crippen molar-refractivity contribution < 1.29 is 4.79 Å². The van der Waals surface area contributed by atoms with E-state index in [2.05, 4.69) is 17.6 Å². The molecular formula is C14H25N3O. The molecule has 0 aromatic rings. The fourth-order valence-electron chi connectivity index (χ4n) is 2.55. The summed E-state index contributed by atoms with van der Waals surface area (Å²) in [4.78, 5) is 11.5. The SMILES string of the molecule is C[C@@H](NCC(=O)NCCC#N)C1CCCCCC1. The number of amides is 1. The fourth-order valence-corrected chi connectivity index (χ4v) is 2.55. The van der Waals surface area contributed by atoms with Crippen LogP contribution in [0.1, 0.15) is 51.9 Å². The fraction of sp³-hybridized carbons (Fsp3) is 0.857. The summed E-state index contributed by atoms with van der Waals surface area (Å²) < 4.78 is 0. The summed E-state index contributed by atoms with van der Waals surface area (Å²) >= 11 is 0. The topological polar surface area (TPSA) is 64.9 Å². The predicted octanol–water partition coefficient (Wildman–Crippen LogP) is 1.96. The number of nitrogens with zero attached hydrogens (tertiary/aromatic N) is 1. The van der Waals surface area contributed by atoms with E-state index in [0.717, 1.165) is 0 Å². The minimum absolute atomic E-state index is 0.00859. The molecule has 1 atom stereocenters. The zero-order valence-corrected chi connectivity index (χ0v) is 11.4. The Bertz CT molecular complexity index is 277. The maximum absolute atomic E-state index is 11.5. The van der Waals surface area contributed by atoms with E-state index >= 15 is 0 Å². The molecule has 1 amide bonds. The summed E-state index contributed by atoms with van der Waals surface area (Å²) in [6, 6.07) is 2.42. The highest BCUT2D eigenvalue weighted by molar-refractivity contribution is 5.77. The molecule has 0 aromatic carbocycles. The van der Waals surface area contributed by atoms with Gasteiger partial charge in [0.1, 0.15) is 0 Å². The summed E-state index contributed by atoms with van der Waals surface area (Å²) in [5.41, 5.74) is 0. The summed E-state index contributed by atoms with van der Waals surface area (Å²) in [6.45, 7) is 3.00. The zero-order chi connectivity index (χ0) is 13.2. The molecule has 0 heterocycles. The van der Waals surface area contributed by atoms with E-state index in [-0.39, 0.29) is 5.91 Å². The molecule has 0 aliphatic heterocycles. The average Bonchev–Trinajstić information content (AvgIpc) is 2.65. The lowest BCUT2D eigenvalue weighted by Crippen LogP contribution is -2.41. The second-order valence-electron chi connectivity index (χ2n) is 5.18. The van der Waals surface area contributed by atoms with E-state index in [0.29, 0.717) is 31.5 Å². The van der Waals surface area contributed by atoms with Gasteiger partial charge in [0, 0.05) is 12.6 Å². The first-order valence-corrected chi connectivity index (χ1v) is 7.11. The summed E-state index contributed by atoms with van der Waals surface area (Å²) in [6.07, 6.45) is 8.31. The molecule has 1 aliphatic rings. The highest BCUT2D eigenvalue weighted by Crippen LogP contribution is 2.25. The van der Waals surface area contributed by atoms with Crippen LogP contribution in [0, 0.1) is 17.2 Å². The van der Waals surface area contributed by atoms with Crippen molar-refractivity contribution in [1.29, 1.82) is 5.26 Å². The zero-order valence-electron chi connectivity index (χ0n) is 11.4. The van der Waals surface area contributed by atoms with Crippen LogP contribution in [-0.4, -0.2) is 25.0 Å². The molecule has 1 saturated carbocycles. The lowest BCUT2D eigenvalue weighted by atomic mass is 9.93. The number of carbonyl (C=O) groups excluding carboxylic acids is 1. The lowest BCUT2D eigenvalue weighted by Gasteiger charge is -2.23.